The van der Waals surface area contributed by atoms with Crippen LogP contribution >= 0.6 is 40.7 Å². The van der Waals surface area contributed by atoms with Crippen LogP contribution in [0.2, 0.25) is 0 Å². The molecule has 0 spiro atoms. The number of benzene rings is 1. The third-order valence-corrected chi connectivity index (χ3v) is 5.22. The summed E-state index contributed by atoms with van der Waals surface area (Å²) in [6.07, 6.45) is 1.60. The number of halogens is 3. The zero-order chi connectivity index (χ0) is 16.5. The Labute approximate surface area is 173 Å². The first kappa shape index (κ1) is 21.0. The van der Waals surface area contributed by atoms with Crippen molar-refractivity contribution in [2.24, 2.45) is 11.8 Å². The van der Waals surface area contributed by atoms with Crippen molar-refractivity contribution in [2.45, 2.75) is 0 Å². The topological polar surface area (TPSA) is 54.5 Å². The Bertz CT molecular complexity index is 731. The molecule has 140 valence electrons. The highest BCUT2D eigenvalue weighted by atomic mass is 79.9. The lowest BCUT2D eigenvalue weighted by Gasteiger charge is -2.17. The van der Waals surface area contributed by atoms with Crippen molar-refractivity contribution >= 4 is 46.7 Å². The maximum absolute atomic E-state index is 12.6. The molecule has 1 amide bonds. The van der Waals surface area contributed by atoms with Crippen molar-refractivity contribution < 1.29 is 9.53 Å². The Morgan fingerprint density at radius 3 is 2.31 bits per heavy atom. The van der Waals surface area contributed by atoms with Gasteiger partial charge in [-0.2, -0.15) is 0 Å². The highest BCUT2D eigenvalue weighted by molar-refractivity contribution is 9.10. The van der Waals surface area contributed by atoms with Gasteiger partial charge in [-0.05, 0) is 42.2 Å². The van der Waals surface area contributed by atoms with Crippen LogP contribution in [-0.4, -0.2) is 42.0 Å². The molecule has 0 unspecified atom stereocenters. The van der Waals surface area contributed by atoms with Crippen LogP contribution in [0, 0.1) is 11.8 Å². The van der Waals surface area contributed by atoms with Crippen molar-refractivity contribution in [1.29, 1.82) is 0 Å². The van der Waals surface area contributed by atoms with E-state index in [4.69, 9.17) is 4.74 Å². The molecule has 1 aromatic heterocycles. The fourth-order valence-electron chi connectivity index (χ4n) is 3.39. The number of hydrogen-bond acceptors (Lipinski definition) is 4. The smallest absolute Gasteiger partial charge is 0.255 e. The van der Waals surface area contributed by atoms with Crippen LogP contribution in [0.25, 0.3) is 0 Å². The molecule has 5 nitrogen and oxygen atoms in total. The van der Waals surface area contributed by atoms with Crippen molar-refractivity contribution in [2.75, 3.05) is 26.2 Å². The fraction of sp³-hybridized carbons (Fsp3) is 0.333. The number of amides is 1. The van der Waals surface area contributed by atoms with Crippen LogP contribution < -0.4 is 10.1 Å². The monoisotopic (exact) mass is 459 g/mol. The second kappa shape index (κ2) is 9.04. The van der Waals surface area contributed by atoms with E-state index < -0.39 is 0 Å². The molecule has 0 saturated carbocycles. The Kier molecular flexibility index (Phi) is 7.29. The Morgan fingerprint density at radius 1 is 1.08 bits per heavy atom. The Morgan fingerprint density at radius 2 is 1.73 bits per heavy atom. The third-order valence-electron chi connectivity index (χ3n) is 4.70. The molecule has 0 bridgehead atoms. The van der Waals surface area contributed by atoms with Crippen LogP contribution in [0.4, 0.5) is 0 Å². The second-order valence-electron chi connectivity index (χ2n) is 6.33. The number of nitrogens with one attached hydrogen (secondary N) is 1. The molecule has 2 atom stereocenters. The number of nitrogens with zero attached hydrogens (tertiary/aromatic N) is 2. The van der Waals surface area contributed by atoms with E-state index in [0.717, 1.165) is 30.7 Å². The largest absolute Gasteiger partial charge is 0.439 e. The molecule has 8 heteroatoms. The number of rotatable bonds is 3. The first-order valence-electron chi connectivity index (χ1n) is 8.08. The zero-order valence-electron chi connectivity index (χ0n) is 13.9. The maximum Gasteiger partial charge on any atom is 0.255 e. The van der Waals surface area contributed by atoms with E-state index in [-0.39, 0.29) is 30.7 Å². The first-order valence-corrected chi connectivity index (χ1v) is 8.88. The molecule has 26 heavy (non-hydrogen) atoms. The summed E-state index contributed by atoms with van der Waals surface area (Å²) in [5.41, 5.74) is 0.617. The van der Waals surface area contributed by atoms with Crippen molar-refractivity contribution in [3.63, 3.8) is 0 Å². The van der Waals surface area contributed by atoms with Crippen LogP contribution in [0.1, 0.15) is 10.4 Å². The lowest BCUT2D eigenvalue weighted by molar-refractivity contribution is 0.0781. The molecule has 4 rings (SSSR count). The highest BCUT2D eigenvalue weighted by Gasteiger charge is 2.38. The van der Waals surface area contributed by atoms with E-state index in [0.29, 0.717) is 29.0 Å². The van der Waals surface area contributed by atoms with E-state index >= 15 is 0 Å². The quantitative estimate of drug-likeness (QED) is 0.757. The fourth-order valence-corrected chi connectivity index (χ4v) is 3.66. The molecule has 2 saturated heterocycles. The van der Waals surface area contributed by atoms with E-state index in [1.165, 1.54) is 0 Å². The molecule has 2 aliphatic rings. The number of likely N-dealkylation sites (tertiary alicyclic amines) is 1. The molecule has 2 aliphatic heterocycles. The van der Waals surface area contributed by atoms with Crippen molar-refractivity contribution in [3.8, 4) is 11.6 Å². The van der Waals surface area contributed by atoms with E-state index in [1.54, 1.807) is 18.3 Å². The van der Waals surface area contributed by atoms with Gasteiger partial charge in [-0.15, -0.1) is 24.8 Å². The van der Waals surface area contributed by atoms with Gasteiger partial charge in [0.1, 0.15) is 5.75 Å². The molecule has 2 fully saturated rings. The predicted molar refractivity (Wildman–Crippen MR) is 109 cm³/mol. The van der Waals surface area contributed by atoms with Crippen molar-refractivity contribution in [1.82, 2.24) is 15.2 Å². The van der Waals surface area contributed by atoms with Gasteiger partial charge < -0.3 is 15.0 Å². The average Bonchev–Trinajstić information content (AvgIpc) is 3.19. The standard InChI is InChI=1S/C18H18BrN3O2.2ClH/c19-15-2-4-16(5-3-15)24-17-6-1-12(9-21-17)18(23)22-10-13-7-20-8-14(13)11-22;;/h1-6,9,13-14,20H,7-8,10-11H2;2*1H/t13-,14+;;. The van der Waals surface area contributed by atoms with Gasteiger partial charge in [-0.3, -0.25) is 4.79 Å². The van der Waals surface area contributed by atoms with Gasteiger partial charge in [0.25, 0.3) is 5.91 Å². The molecule has 2 aromatic rings. The summed E-state index contributed by atoms with van der Waals surface area (Å²) in [5, 5.41) is 3.39. The number of pyridine rings is 1. The maximum atomic E-state index is 12.6. The third kappa shape index (κ3) is 4.49. The molecule has 3 heterocycles. The molecule has 1 aromatic carbocycles. The molecule has 0 aliphatic carbocycles. The van der Waals surface area contributed by atoms with E-state index in [1.807, 2.05) is 29.2 Å². The minimum absolute atomic E-state index is 0. The minimum atomic E-state index is 0. The highest BCUT2D eigenvalue weighted by Crippen LogP contribution is 2.28. The van der Waals surface area contributed by atoms with Gasteiger partial charge in [0.15, 0.2) is 0 Å². The predicted octanol–water partition coefficient (Wildman–Crippen LogP) is 3.77. The summed E-state index contributed by atoms with van der Waals surface area (Å²) in [6, 6.07) is 11.1. The number of fused-ring (bicyclic) bond motifs is 1. The van der Waals surface area contributed by atoms with E-state index in [9.17, 15) is 4.79 Å². The van der Waals surface area contributed by atoms with Crippen molar-refractivity contribution in [3.05, 3.63) is 52.6 Å². The van der Waals surface area contributed by atoms with Gasteiger partial charge in [0.05, 0.1) is 5.56 Å². The van der Waals surface area contributed by atoms with Gasteiger partial charge in [-0.25, -0.2) is 4.98 Å². The molecule has 1 N–H and O–H groups in total. The second-order valence-corrected chi connectivity index (χ2v) is 7.25. The van der Waals surface area contributed by atoms with Crippen LogP contribution in [-0.2, 0) is 0 Å². The SMILES string of the molecule is Cl.Cl.O=C(c1ccc(Oc2ccc(Br)cc2)nc1)N1C[C@H]2CNC[C@H]2C1. The number of ether oxygens (including phenoxy) is 1. The molecular formula is C18H20BrCl2N3O2. The van der Waals surface area contributed by atoms with Gasteiger partial charge in [-0.1, -0.05) is 15.9 Å². The van der Waals surface area contributed by atoms with Crippen LogP contribution in [0.15, 0.2) is 47.1 Å². The van der Waals surface area contributed by atoms with Gasteiger partial charge in [0, 0.05) is 42.9 Å². The van der Waals surface area contributed by atoms with Gasteiger partial charge >= 0.3 is 0 Å². The summed E-state index contributed by atoms with van der Waals surface area (Å²) >= 11 is 3.39. The number of carbonyl (C=O) groups is 1. The summed E-state index contributed by atoms with van der Waals surface area (Å²) < 4.78 is 6.68. The number of hydrogen-bond donors (Lipinski definition) is 1. The first-order chi connectivity index (χ1) is 11.7. The van der Waals surface area contributed by atoms with Crippen LogP contribution in [0.5, 0.6) is 11.6 Å². The Balaban J connectivity index is 0.00000121. The van der Waals surface area contributed by atoms with Crippen LogP contribution in [0.3, 0.4) is 0 Å². The summed E-state index contributed by atoms with van der Waals surface area (Å²) in [6.45, 7) is 3.72. The number of carbonyl (C=O) groups excluding carboxylic acids is 1. The Hall–Kier alpha value is -1.34. The zero-order valence-corrected chi connectivity index (χ0v) is 17.1. The van der Waals surface area contributed by atoms with E-state index in [2.05, 4.69) is 26.2 Å². The lowest BCUT2D eigenvalue weighted by atomic mass is 10.0. The molecular weight excluding hydrogens is 441 g/mol. The number of aromatic nitrogens is 1. The normalized spacial score (nSPS) is 20.7. The summed E-state index contributed by atoms with van der Waals surface area (Å²) in [4.78, 5) is 18.8. The minimum Gasteiger partial charge on any atom is -0.439 e. The van der Waals surface area contributed by atoms with Gasteiger partial charge in [0.2, 0.25) is 5.88 Å². The lowest BCUT2D eigenvalue weighted by Crippen LogP contribution is -2.31. The summed E-state index contributed by atoms with van der Waals surface area (Å²) in [5.74, 6) is 2.46. The molecule has 0 radical (unpaired) electrons. The average molecular weight is 461 g/mol. The summed E-state index contributed by atoms with van der Waals surface area (Å²) in [7, 11) is 0.